The quantitative estimate of drug-likeness (QED) is 0.0380. The van der Waals surface area contributed by atoms with E-state index >= 15 is 0 Å². The second kappa shape index (κ2) is 39.6. The van der Waals surface area contributed by atoms with Crippen molar-refractivity contribution >= 4 is 11.9 Å². The highest BCUT2D eigenvalue weighted by molar-refractivity contribution is 5.70. The summed E-state index contributed by atoms with van der Waals surface area (Å²) >= 11 is 0. The minimum Gasteiger partial charge on any atom is -0.462 e. The molecule has 0 aromatic carbocycles. The Kier molecular flexibility index (Phi) is 37.9. The van der Waals surface area contributed by atoms with Crippen LogP contribution in [0.3, 0.4) is 0 Å². The van der Waals surface area contributed by atoms with Gasteiger partial charge in [-0.3, -0.25) is 9.59 Å². The summed E-state index contributed by atoms with van der Waals surface area (Å²) in [4.78, 5) is 24.3. The Bertz CT molecular complexity index is 861. The molecular formula is C44H78O6. The molecule has 0 heterocycles. The smallest absolute Gasteiger partial charge is 0.306 e. The van der Waals surface area contributed by atoms with Gasteiger partial charge in [0.1, 0.15) is 6.61 Å². The summed E-state index contributed by atoms with van der Waals surface area (Å²) in [5.41, 5.74) is 0. The molecule has 1 unspecified atom stereocenters. The van der Waals surface area contributed by atoms with E-state index in [2.05, 4.69) is 62.5 Å². The number of hydrogen-bond donors (Lipinski definition) is 2. The molecule has 0 aliphatic rings. The zero-order valence-corrected chi connectivity index (χ0v) is 32.5. The highest BCUT2D eigenvalue weighted by atomic mass is 16.6. The lowest BCUT2D eigenvalue weighted by atomic mass is 9.99. The molecule has 6 nitrogen and oxygen atoms in total. The topological polar surface area (TPSA) is 93.1 Å². The van der Waals surface area contributed by atoms with Crippen molar-refractivity contribution in [2.75, 3.05) is 19.8 Å². The van der Waals surface area contributed by atoms with E-state index in [1.165, 1.54) is 83.5 Å². The zero-order valence-electron chi connectivity index (χ0n) is 32.5. The van der Waals surface area contributed by atoms with E-state index < -0.39 is 6.10 Å². The molecule has 0 fully saturated rings. The molecule has 0 saturated carbocycles. The number of ether oxygens (including phenoxy) is 2. The fourth-order valence-corrected chi connectivity index (χ4v) is 5.68. The number of aliphatic hydroxyl groups is 2. The Hall–Kier alpha value is -2.18. The molecular weight excluding hydrogens is 624 g/mol. The molecule has 2 N–H and O–H groups in total. The molecule has 2 atom stereocenters. The number of esters is 2. The monoisotopic (exact) mass is 703 g/mol. The lowest BCUT2D eigenvalue weighted by molar-refractivity contribution is -0.161. The molecule has 6 heteroatoms. The first-order valence-corrected chi connectivity index (χ1v) is 20.7. The van der Waals surface area contributed by atoms with Crippen molar-refractivity contribution in [3.8, 4) is 0 Å². The Morgan fingerprint density at radius 2 is 0.980 bits per heavy atom. The Morgan fingerprint density at radius 3 is 1.48 bits per heavy atom. The second-order valence-corrected chi connectivity index (χ2v) is 14.0. The predicted molar refractivity (Wildman–Crippen MR) is 211 cm³/mol. The van der Waals surface area contributed by atoms with E-state index in [4.69, 9.17) is 14.6 Å². The summed E-state index contributed by atoms with van der Waals surface area (Å²) in [5, 5.41) is 18.3. The van der Waals surface area contributed by atoms with Crippen LogP contribution in [-0.4, -0.2) is 48.1 Å². The van der Waals surface area contributed by atoms with Gasteiger partial charge in [-0.05, 0) is 63.7 Å². The van der Waals surface area contributed by atoms with E-state index in [9.17, 15) is 14.7 Å². The highest BCUT2D eigenvalue weighted by Gasteiger charge is 2.16. The van der Waals surface area contributed by atoms with Crippen LogP contribution in [-0.2, 0) is 19.1 Å². The van der Waals surface area contributed by atoms with E-state index in [0.29, 0.717) is 19.4 Å². The van der Waals surface area contributed by atoms with Crippen molar-refractivity contribution in [3.05, 3.63) is 48.6 Å². The number of hydrogen-bond acceptors (Lipinski definition) is 6. The van der Waals surface area contributed by atoms with Crippen LogP contribution in [0.15, 0.2) is 48.6 Å². The van der Waals surface area contributed by atoms with Gasteiger partial charge in [0.2, 0.25) is 0 Å². The second-order valence-electron chi connectivity index (χ2n) is 14.0. The summed E-state index contributed by atoms with van der Waals surface area (Å²) in [5.74, 6) is 0.228. The van der Waals surface area contributed by atoms with Gasteiger partial charge >= 0.3 is 11.9 Å². The first kappa shape index (κ1) is 47.8. The molecule has 50 heavy (non-hydrogen) atoms. The van der Waals surface area contributed by atoms with Crippen LogP contribution in [0.5, 0.6) is 0 Å². The molecule has 0 saturated heterocycles. The lowest BCUT2D eigenvalue weighted by Gasteiger charge is -2.15. The fraction of sp³-hybridized carbons (Fsp3) is 0.773. The highest BCUT2D eigenvalue weighted by Crippen LogP contribution is 2.16. The van der Waals surface area contributed by atoms with Crippen molar-refractivity contribution in [3.63, 3.8) is 0 Å². The summed E-state index contributed by atoms with van der Waals surface area (Å²) in [6.07, 6.45) is 46.1. The SMILES string of the molecule is CCC(C)CCCCCCCCCCCCCCCCC(=O)OC[C@H](CO)OC(=O)CCC/C=C\C/C=C\C/C=C\C/C=C\CCCCCO. The van der Waals surface area contributed by atoms with Gasteiger partial charge in [-0.1, -0.05) is 165 Å². The van der Waals surface area contributed by atoms with Crippen molar-refractivity contribution in [1.29, 1.82) is 0 Å². The molecule has 0 amide bonds. The third-order valence-electron chi connectivity index (χ3n) is 9.22. The van der Waals surface area contributed by atoms with Gasteiger partial charge in [-0.25, -0.2) is 0 Å². The molecule has 0 aromatic heterocycles. The zero-order chi connectivity index (χ0) is 36.6. The first-order chi connectivity index (χ1) is 24.5. The lowest BCUT2D eigenvalue weighted by Crippen LogP contribution is -2.28. The van der Waals surface area contributed by atoms with Crippen LogP contribution in [0.25, 0.3) is 0 Å². The summed E-state index contributed by atoms with van der Waals surface area (Å²) in [6, 6.07) is 0. The van der Waals surface area contributed by atoms with Gasteiger partial charge in [0.05, 0.1) is 6.61 Å². The van der Waals surface area contributed by atoms with Crippen LogP contribution in [0.1, 0.15) is 187 Å². The maximum Gasteiger partial charge on any atom is 0.306 e. The number of carbonyl (C=O) groups is 2. The molecule has 0 aliphatic carbocycles. The standard InChI is InChI=1S/C44H78O6/c1-3-41(2)35-31-27-23-19-15-11-8-9-12-16-20-24-28-32-36-43(47)49-40-42(39-46)50-44(48)37-33-29-25-21-17-13-7-5-4-6-10-14-18-22-26-30-34-38-45/h4,6-7,13-14,18,21,25,41-42,45-46H,3,5,8-12,15-17,19-20,22-24,26-40H2,1-2H3/b6-4-,13-7-,18-14-,25-21-/t41?,42-/m0/s1. The van der Waals surface area contributed by atoms with Gasteiger partial charge in [-0.2, -0.15) is 0 Å². The largest absolute Gasteiger partial charge is 0.462 e. The maximum absolute atomic E-state index is 12.2. The summed E-state index contributed by atoms with van der Waals surface area (Å²) in [7, 11) is 0. The van der Waals surface area contributed by atoms with Gasteiger partial charge < -0.3 is 19.7 Å². The number of rotatable bonds is 37. The number of allylic oxidation sites excluding steroid dienone is 8. The normalized spacial score (nSPS) is 13.3. The van der Waals surface area contributed by atoms with Crippen LogP contribution < -0.4 is 0 Å². The van der Waals surface area contributed by atoms with Crippen LogP contribution in [0.2, 0.25) is 0 Å². The van der Waals surface area contributed by atoms with E-state index in [0.717, 1.165) is 76.5 Å². The molecule has 0 aliphatic heterocycles. The van der Waals surface area contributed by atoms with E-state index in [1.807, 2.05) is 0 Å². The van der Waals surface area contributed by atoms with Gasteiger partial charge in [-0.15, -0.1) is 0 Å². The van der Waals surface area contributed by atoms with Gasteiger partial charge in [0, 0.05) is 19.4 Å². The molecule has 0 spiro atoms. The Labute approximate surface area is 308 Å². The maximum atomic E-state index is 12.2. The van der Waals surface area contributed by atoms with Crippen LogP contribution in [0.4, 0.5) is 0 Å². The van der Waals surface area contributed by atoms with E-state index in [1.54, 1.807) is 0 Å². The predicted octanol–water partition coefficient (Wildman–Crippen LogP) is 11.8. The average molecular weight is 703 g/mol. The van der Waals surface area contributed by atoms with Crippen LogP contribution >= 0.6 is 0 Å². The molecule has 290 valence electrons. The minimum atomic E-state index is -0.806. The van der Waals surface area contributed by atoms with Crippen molar-refractivity contribution in [1.82, 2.24) is 0 Å². The Morgan fingerprint density at radius 1 is 0.540 bits per heavy atom. The van der Waals surface area contributed by atoms with Crippen LogP contribution in [0, 0.1) is 5.92 Å². The first-order valence-electron chi connectivity index (χ1n) is 20.7. The number of aliphatic hydroxyl groups excluding tert-OH is 2. The molecule has 0 bridgehead atoms. The molecule has 0 rings (SSSR count). The summed E-state index contributed by atoms with van der Waals surface area (Å²) < 4.78 is 10.6. The fourth-order valence-electron chi connectivity index (χ4n) is 5.68. The molecule has 0 aromatic rings. The van der Waals surface area contributed by atoms with E-state index in [-0.39, 0.29) is 31.6 Å². The Balaban J connectivity index is 3.63. The van der Waals surface area contributed by atoms with Crippen molar-refractivity contribution in [2.45, 2.75) is 193 Å². The minimum absolute atomic E-state index is 0.0937. The third-order valence-corrected chi connectivity index (χ3v) is 9.22. The number of unbranched alkanes of at least 4 members (excludes halogenated alkanes) is 17. The molecule has 0 radical (unpaired) electrons. The van der Waals surface area contributed by atoms with Crippen molar-refractivity contribution in [2.24, 2.45) is 5.92 Å². The third kappa shape index (κ3) is 37.1. The number of carbonyl (C=O) groups excluding carboxylic acids is 2. The summed E-state index contributed by atoms with van der Waals surface area (Å²) in [6.45, 7) is 4.50. The van der Waals surface area contributed by atoms with Gasteiger partial charge in [0.25, 0.3) is 0 Å². The average Bonchev–Trinajstić information content (AvgIpc) is 3.12. The van der Waals surface area contributed by atoms with Crippen molar-refractivity contribution < 1.29 is 29.3 Å². The van der Waals surface area contributed by atoms with Gasteiger partial charge in [0.15, 0.2) is 6.10 Å².